The molecule has 4 rings (SSSR count). The molecule has 1 N–H and O–H groups in total. The average molecular weight is 340 g/mol. The maximum absolute atomic E-state index is 12.2. The van der Waals surface area contributed by atoms with E-state index in [-0.39, 0.29) is 11.5 Å². The van der Waals surface area contributed by atoms with Crippen molar-refractivity contribution in [2.24, 2.45) is 0 Å². The molecule has 0 radical (unpaired) electrons. The fraction of sp³-hybridized carbons (Fsp3) is 0.125. The van der Waals surface area contributed by atoms with Crippen molar-refractivity contribution in [2.75, 3.05) is 6.54 Å². The first-order valence-electron chi connectivity index (χ1n) is 7.29. The molecule has 0 unspecified atom stereocenters. The second kappa shape index (κ2) is 5.89. The van der Waals surface area contributed by atoms with Crippen molar-refractivity contribution in [3.05, 3.63) is 58.7 Å². The lowest BCUT2D eigenvalue weighted by Crippen LogP contribution is -2.30. The summed E-state index contributed by atoms with van der Waals surface area (Å²) < 4.78 is 14.9. The minimum Gasteiger partial charge on any atom is -0.459 e. The zero-order chi connectivity index (χ0) is 16.5. The Balaban J connectivity index is 1.45. The lowest BCUT2D eigenvalue weighted by molar-refractivity contribution is 0.0952. The highest BCUT2D eigenvalue weighted by atomic mass is 32.1. The maximum atomic E-state index is 12.2. The van der Waals surface area contributed by atoms with Gasteiger partial charge >= 0.3 is 0 Å². The molecule has 8 heteroatoms. The minimum absolute atomic E-state index is 0.207. The fourth-order valence-corrected chi connectivity index (χ4v) is 3.00. The summed E-state index contributed by atoms with van der Waals surface area (Å²) in [6.45, 7) is 0.694. The Hall–Kier alpha value is -3.00. The van der Waals surface area contributed by atoms with Crippen LogP contribution < -0.4 is 10.9 Å². The second-order valence-electron chi connectivity index (χ2n) is 5.24. The van der Waals surface area contributed by atoms with Crippen LogP contribution in [0.4, 0.5) is 0 Å². The van der Waals surface area contributed by atoms with Crippen LogP contribution in [-0.4, -0.2) is 25.8 Å². The number of nitrogens with one attached hydrogen (secondary N) is 1. The summed E-state index contributed by atoms with van der Waals surface area (Å²) in [6, 6.07) is 8.73. The number of aromatic nitrogens is 3. The molecule has 0 saturated carbocycles. The van der Waals surface area contributed by atoms with Crippen LogP contribution in [0.25, 0.3) is 22.0 Å². The monoisotopic (exact) mass is 340 g/mol. The van der Waals surface area contributed by atoms with Crippen molar-refractivity contribution in [2.45, 2.75) is 6.54 Å². The quantitative estimate of drug-likeness (QED) is 0.614. The third-order valence-corrected chi connectivity index (χ3v) is 4.30. The number of furan rings is 1. The second-order valence-corrected chi connectivity index (χ2v) is 5.77. The smallest absolute Gasteiger partial charge is 0.294 e. The van der Waals surface area contributed by atoms with Gasteiger partial charge in [-0.05, 0) is 30.3 Å². The van der Waals surface area contributed by atoms with Crippen LogP contribution in [0.15, 0.2) is 52.0 Å². The van der Waals surface area contributed by atoms with Crippen LogP contribution in [0.2, 0.25) is 0 Å². The molecule has 4 aromatic rings. The molecule has 0 saturated heterocycles. The fourth-order valence-electron chi connectivity index (χ4n) is 2.48. The van der Waals surface area contributed by atoms with Crippen molar-refractivity contribution < 1.29 is 9.21 Å². The highest BCUT2D eigenvalue weighted by Gasteiger charge is 2.09. The van der Waals surface area contributed by atoms with Gasteiger partial charge in [-0.15, -0.1) is 0 Å². The van der Waals surface area contributed by atoms with Gasteiger partial charge in [0, 0.05) is 30.2 Å². The molecular formula is C16H12N4O3S. The molecule has 0 atom stereocenters. The van der Waals surface area contributed by atoms with Gasteiger partial charge < -0.3 is 14.3 Å². The van der Waals surface area contributed by atoms with Crippen LogP contribution in [0, 0.1) is 0 Å². The van der Waals surface area contributed by atoms with E-state index in [1.54, 1.807) is 30.5 Å². The first-order valence-corrected chi connectivity index (χ1v) is 8.02. The molecule has 24 heavy (non-hydrogen) atoms. The number of fused-ring (bicyclic) bond motifs is 2. The first-order chi connectivity index (χ1) is 11.7. The molecule has 0 bridgehead atoms. The molecule has 1 amide bonds. The summed E-state index contributed by atoms with van der Waals surface area (Å²) >= 11 is 1.11. The summed E-state index contributed by atoms with van der Waals surface area (Å²) in [6.07, 6.45) is 3.18. The van der Waals surface area contributed by atoms with Gasteiger partial charge in [-0.2, -0.15) is 8.75 Å². The number of carbonyl (C=O) groups excluding carboxylic acids is 1. The molecule has 0 aliphatic heterocycles. The van der Waals surface area contributed by atoms with Gasteiger partial charge in [-0.3, -0.25) is 9.59 Å². The predicted octanol–water partition coefficient (Wildman–Crippen LogP) is 2.03. The van der Waals surface area contributed by atoms with Crippen LogP contribution >= 0.6 is 11.7 Å². The highest BCUT2D eigenvalue weighted by Crippen LogP contribution is 2.13. The standard InChI is InChI=1S/C16H12N4O3S/c21-15(11-1-2-12-13(9-11)19-24-18-12)17-5-7-20-6-3-10-4-8-23-14(10)16(20)22/h1-4,6,8-9H,5,7H2,(H,17,21). The van der Waals surface area contributed by atoms with Crippen LogP contribution in [-0.2, 0) is 6.54 Å². The van der Waals surface area contributed by atoms with E-state index < -0.39 is 0 Å². The number of benzene rings is 1. The molecule has 7 nitrogen and oxygen atoms in total. The van der Waals surface area contributed by atoms with Gasteiger partial charge in [0.1, 0.15) is 11.0 Å². The van der Waals surface area contributed by atoms with Gasteiger partial charge in [0.05, 0.1) is 18.0 Å². The third-order valence-electron chi connectivity index (χ3n) is 3.74. The average Bonchev–Trinajstić information content (AvgIpc) is 3.24. The van der Waals surface area contributed by atoms with Crippen molar-refractivity contribution in [3.8, 4) is 0 Å². The Morgan fingerprint density at radius 3 is 3.00 bits per heavy atom. The molecule has 1 aromatic carbocycles. The number of amides is 1. The van der Waals surface area contributed by atoms with Gasteiger partial charge in [-0.1, -0.05) is 0 Å². The van der Waals surface area contributed by atoms with Gasteiger partial charge in [0.2, 0.25) is 0 Å². The van der Waals surface area contributed by atoms with Crippen molar-refractivity contribution in [1.82, 2.24) is 18.6 Å². The number of hydrogen-bond acceptors (Lipinski definition) is 6. The van der Waals surface area contributed by atoms with E-state index in [1.807, 2.05) is 6.07 Å². The molecule has 3 heterocycles. The Morgan fingerprint density at radius 1 is 1.21 bits per heavy atom. The van der Waals surface area contributed by atoms with E-state index in [0.717, 1.165) is 22.6 Å². The third kappa shape index (κ3) is 2.56. The van der Waals surface area contributed by atoms with Gasteiger partial charge in [0.25, 0.3) is 11.5 Å². The molecule has 0 fully saturated rings. The SMILES string of the molecule is O=C(NCCn1ccc2ccoc2c1=O)c1ccc2nsnc2c1. The minimum atomic E-state index is -0.211. The normalized spacial score (nSPS) is 11.2. The van der Waals surface area contributed by atoms with Crippen molar-refractivity contribution in [3.63, 3.8) is 0 Å². The molecule has 0 aliphatic carbocycles. The Kier molecular flexibility index (Phi) is 3.58. The topological polar surface area (TPSA) is 90.0 Å². The number of pyridine rings is 1. The van der Waals surface area contributed by atoms with E-state index in [9.17, 15) is 9.59 Å². The Morgan fingerprint density at radius 2 is 2.08 bits per heavy atom. The van der Waals surface area contributed by atoms with Crippen molar-refractivity contribution >= 4 is 39.6 Å². The molecule has 0 spiro atoms. The largest absolute Gasteiger partial charge is 0.459 e. The molecular weight excluding hydrogens is 328 g/mol. The summed E-state index contributed by atoms with van der Waals surface area (Å²) in [5.41, 5.74) is 2.11. The highest BCUT2D eigenvalue weighted by molar-refractivity contribution is 7.00. The van der Waals surface area contributed by atoms with E-state index in [0.29, 0.717) is 29.8 Å². The van der Waals surface area contributed by atoms with Crippen LogP contribution in [0.3, 0.4) is 0 Å². The summed E-state index contributed by atoms with van der Waals surface area (Å²) in [5.74, 6) is -0.211. The zero-order valence-corrected chi connectivity index (χ0v) is 13.2. The van der Waals surface area contributed by atoms with Gasteiger partial charge in [-0.25, -0.2) is 0 Å². The summed E-state index contributed by atoms with van der Waals surface area (Å²) in [7, 11) is 0. The Bertz CT molecular complexity index is 1100. The lowest BCUT2D eigenvalue weighted by atomic mass is 10.2. The number of rotatable bonds is 4. The van der Waals surface area contributed by atoms with Crippen LogP contribution in [0.5, 0.6) is 0 Å². The van der Waals surface area contributed by atoms with E-state index in [2.05, 4.69) is 14.1 Å². The molecule has 120 valence electrons. The number of nitrogens with zero attached hydrogens (tertiary/aromatic N) is 3. The zero-order valence-electron chi connectivity index (χ0n) is 12.4. The van der Waals surface area contributed by atoms with Gasteiger partial charge in [0.15, 0.2) is 5.58 Å². The first kappa shape index (κ1) is 14.6. The number of hydrogen-bond donors (Lipinski definition) is 1. The Labute approximate surface area is 139 Å². The number of carbonyl (C=O) groups is 1. The van der Waals surface area contributed by atoms with E-state index >= 15 is 0 Å². The summed E-state index contributed by atoms with van der Waals surface area (Å²) in [4.78, 5) is 24.4. The van der Waals surface area contributed by atoms with Crippen molar-refractivity contribution in [1.29, 1.82) is 0 Å². The maximum Gasteiger partial charge on any atom is 0.294 e. The van der Waals surface area contributed by atoms with E-state index in [1.165, 1.54) is 10.8 Å². The molecule has 3 aromatic heterocycles. The predicted molar refractivity (Wildman–Crippen MR) is 90.2 cm³/mol. The molecule has 0 aliphatic rings. The van der Waals surface area contributed by atoms with E-state index in [4.69, 9.17) is 4.42 Å². The van der Waals surface area contributed by atoms with Crippen LogP contribution in [0.1, 0.15) is 10.4 Å². The summed E-state index contributed by atoms with van der Waals surface area (Å²) in [5, 5.41) is 3.57. The lowest BCUT2D eigenvalue weighted by Gasteiger charge is -2.07.